The highest BCUT2D eigenvalue weighted by molar-refractivity contribution is 5.74. The van der Waals surface area contributed by atoms with Gasteiger partial charge in [-0.1, -0.05) is 18.7 Å². The number of nitrogens with zero attached hydrogens (tertiary/aromatic N) is 1. The third kappa shape index (κ3) is 2.20. The first-order valence-corrected chi connectivity index (χ1v) is 9.06. The summed E-state index contributed by atoms with van der Waals surface area (Å²) in [5, 5.41) is 10.1. The van der Waals surface area contributed by atoms with Crippen molar-refractivity contribution >= 4 is 5.69 Å². The van der Waals surface area contributed by atoms with Gasteiger partial charge < -0.3 is 14.6 Å². The van der Waals surface area contributed by atoms with Gasteiger partial charge >= 0.3 is 0 Å². The van der Waals surface area contributed by atoms with Gasteiger partial charge in [0.15, 0.2) is 11.5 Å². The second-order valence-corrected chi connectivity index (χ2v) is 8.24. The van der Waals surface area contributed by atoms with Gasteiger partial charge in [0.25, 0.3) is 0 Å². The summed E-state index contributed by atoms with van der Waals surface area (Å²) >= 11 is 0. The van der Waals surface area contributed by atoms with E-state index in [1.807, 2.05) is 6.08 Å². The zero-order chi connectivity index (χ0) is 18.0. The van der Waals surface area contributed by atoms with Gasteiger partial charge in [-0.3, -0.25) is 4.48 Å². The molecular weight excluding hydrogens is 314 g/mol. The Morgan fingerprint density at radius 1 is 1.52 bits per heavy atom. The number of hydrogen-bond acceptors (Lipinski definition) is 3. The van der Waals surface area contributed by atoms with Crippen molar-refractivity contribution < 1.29 is 14.6 Å². The van der Waals surface area contributed by atoms with Gasteiger partial charge in [0, 0.05) is 18.4 Å². The highest BCUT2D eigenvalue weighted by Gasteiger charge is 2.58. The number of rotatable bonds is 3. The number of aryl methyl sites for hydroxylation is 1. The summed E-state index contributed by atoms with van der Waals surface area (Å²) in [7, 11) is 4.00. The van der Waals surface area contributed by atoms with Crippen molar-refractivity contribution in [2.75, 3.05) is 27.2 Å². The quantitative estimate of drug-likeness (QED) is 0.677. The van der Waals surface area contributed by atoms with Gasteiger partial charge in [-0.05, 0) is 25.5 Å². The Hall–Kier alpha value is -1.78. The average Bonchev–Trinajstić information content (AvgIpc) is 2.86. The molecule has 0 amide bonds. The van der Waals surface area contributed by atoms with E-state index in [1.54, 1.807) is 7.11 Å². The average molecular weight is 342 g/mol. The third-order valence-corrected chi connectivity index (χ3v) is 6.18. The lowest BCUT2D eigenvalue weighted by Crippen LogP contribution is -2.56. The van der Waals surface area contributed by atoms with Crippen LogP contribution in [0.2, 0.25) is 0 Å². The van der Waals surface area contributed by atoms with E-state index in [0.29, 0.717) is 6.42 Å². The predicted molar refractivity (Wildman–Crippen MR) is 100 cm³/mol. The van der Waals surface area contributed by atoms with Crippen LogP contribution >= 0.6 is 0 Å². The minimum Gasteiger partial charge on any atom is -0.493 e. The Balaban J connectivity index is 2.00. The lowest BCUT2D eigenvalue weighted by atomic mass is 9.66. The number of aliphatic hydroxyl groups is 1. The van der Waals surface area contributed by atoms with Crippen LogP contribution in [0.1, 0.15) is 30.9 Å². The van der Waals surface area contributed by atoms with E-state index < -0.39 is 6.10 Å². The van der Waals surface area contributed by atoms with Crippen LogP contribution in [-0.4, -0.2) is 44.6 Å². The molecule has 2 aliphatic heterocycles. The second-order valence-electron chi connectivity index (χ2n) is 8.24. The fraction of sp³-hybridized carbons (Fsp3) is 0.524. The minimum absolute atomic E-state index is 0.0180. The molecule has 1 aromatic carbocycles. The van der Waals surface area contributed by atoms with Gasteiger partial charge in [0.1, 0.15) is 18.3 Å². The molecule has 0 saturated carbocycles. The van der Waals surface area contributed by atoms with Gasteiger partial charge in [-0.15, -0.1) is 0 Å². The first kappa shape index (κ1) is 16.7. The van der Waals surface area contributed by atoms with E-state index in [4.69, 9.17) is 9.47 Å². The number of likely N-dealkylation sites (N-methyl/N-ethyl adjacent to an activating group) is 1. The van der Waals surface area contributed by atoms with E-state index in [-0.39, 0.29) is 11.5 Å². The van der Waals surface area contributed by atoms with Gasteiger partial charge in [-0.2, -0.15) is 0 Å². The highest BCUT2D eigenvalue weighted by Crippen LogP contribution is 2.60. The number of methoxy groups -OCH3 is 1. The van der Waals surface area contributed by atoms with E-state index in [0.717, 1.165) is 35.5 Å². The van der Waals surface area contributed by atoms with Crippen LogP contribution in [0, 0.1) is 6.92 Å². The fourth-order valence-electron chi connectivity index (χ4n) is 5.26. The van der Waals surface area contributed by atoms with Crippen molar-refractivity contribution in [3.63, 3.8) is 0 Å². The van der Waals surface area contributed by atoms with Crippen LogP contribution in [0.5, 0.6) is 11.5 Å². The second kappa shape index (κ2) is 5.36. The first-order chi connectivity index (χ1) is 11.8. The zero-order valence-corrected chi connectivity index (χ0v) is 15.6. The summed E-state index contributed by atoms with van der Waals surface area (Å²) in [6.07, 6.45) is 5.34. The Bertz CT molecular complexity index is 784. The van der Waals surface area contributed by atoms with Crippen LogP contribution < -0.4 is 14.0 Å². The van der Waals surface area contributed by atoms with E-state index in [9.17, 15) is 5.11 Å². The Kier molecular flexibility index (Phi) is 3.57. The van der Waals surface area contributed by atoms with Crippen LogP contribution in [-0.2, 0) is 5.41 Å². The summed E-state index contributed by atoms with van der Waals surface area (Å²) in [5.41, 5.74) is 4.89. The Morgan fingerprint density at radius 3 is 2.96 bits per heavy atom. The summed E-state index contributed by atoms with van der Waals surface area (Å²) in [5.74, 6) is 1.68. The van der Waals surface area contributed by atoms with Crippen molar-refractivity contribution in [2.45, 2.75) is 44.3 Å². The SMILES string of the molecule is C=C(C)C[N+]1(C)CCC23C=C[C@H](O)CC2Oc2c(OC)cc(C)c1c23. The van der Waals surface area contributed by atoms with E-state index in [2.05, 4.69) is 39.6 Å². The molecule has 1 aliphatic carbocycles. The zero-order valence-electron chi connectivity index (χ0n) is 15.6. The molecule has 0 saturated heterocycles. The molecule has 134 valence electrons. The standard InChI is InChI=1S/C21H28NO3/c1-13(2)12-22(4)9-8-21-7-6-15(23)11-17(21)25-20-16(24-5)10-14(3)19(22)18(20)21/h6-7,10,15,17,23H,1,8-9,11-12H2,2-5H3/q+1/t15-,17?,21?,22?/m0/s1. The molecule has 4 heteroatoms. The molecule has 1 aromatic rings. The molecular formula is C21H28NO3+. The summed E-state index contributed by atoms with van der Waals surface area (Å²) < 4.78 is 12.9. The lowest BCUT2D eigenvalue weighted by molar-refractivity contribution is 0.0786. The van der Waals surface area contributed by atoms with Crippen LogP contribution in [0.25, 0.3) is 0 Å². The number of benzene rings is 1. The molecule has 1 spiro atoms. The lowest BCUT2D eigenvalue weighted by Gasteiger charge is -2.47. The fourth-order valence-corrected chi connectivity index (χ4v) is 5.26. The number of quaternary nitrogens is 1. The van der Waals surface area contributed by atoms with Crippen LogP contribution in [0.4, 0.5) is 5.69 Å². The van der Waals surface area contributed by atoms with E-state index in [1.165, 1.54) is 22.4 Å². The van der Waals surface area contributed by atoms with Crippen molar-refractivity contribution in [1.29, 1.82) is 0 Å². The molecule has 3 unspecified atom stereocenters. The largest absolute Gasteiger partial charge is 0.493 e. The summed E-state index contributed by atoms with van der Waals surface area (Å²) in [6, 6.07) is 2.10. The summed E-state index contributed by atoms with van der Waals surface area (Å²) in [6.45, 7) is 10.4. The molecule has 0 fully saturated rings. The predicted octanol–water partition coefficient (Wildman–Crippen LogP) is 3.24. The number of aliphatic hydroxyl groups excluding tert-OH is 1. The minimum atomic E-state index is -0.432. The van der Waals surface area contributed by atoms with Crippen LogP contribution in [0.3, 0.4) is 0 Å². The van der Waals surface area contributed by atoms with E-state index >= 15 is 0 Å². The molecule has 0 aromatic heterocycles. The topological polar surface area (TPSA) is 38.7 Å². The molecule has 0 radical (unpaired) electrons. The van der Waals surface area contributed by atoms with Crippen molar-refractivity contribution in [3.05, 3.63) is 41.5 Å². The maximum atomic E-state index is 10.1. The molecule has 2 heterocycles. The molecule has 1 N–H and O–H groups in total. The Morgan fingerprint density at radius 2 is 2.28 bits per heavy atom. The van der Waals surface area contributed by atoms with Gasteiger partial charge in [-0.25, -0.2) is 0 Å². The molecule has 4 atom stereocenters. The Labute approximate surface area is 149 Å². The number of hydrogen-bond donors (Lipinski definition) is 1. The van der Waals surface area contributed by atoms with Crippen molar-refractivity contribution in [2.24, 2.45) is 0 Å². The van der Waals surface area contributed by atoms with Crippen molar-refractivity contribution in [1.82, 2.24) is 4.48 Å². The molecule has 4 nitrogen and oxygen atoms in total. The van der Waals surface area contributed by atoms with Gasteiger partial charge in [0.2, 0.25) is 0 Å². The maximum absolute atomic E-state index is 10.1. The number of ether oxygens (including phenoxy) is 2. The normalized spacial score (nSPS) is 34.9. The monoisotopic (exact) mass is 342 g/mol. The van der Waals surface area contributed by atoms with Crippen LogP contribution in [0.15, 0.2) is 30.4 Å². The molecule has 0 bridgehead atoms. The van der Waals surface area contributed by atoms with Gasteiger partial charge in [0.05, 0.1) is 37.8 Å². The third-order valence-electron chi connectivity index (χ3n) is 6.18. The van der Waals surface area contributed by atoms with Crippen molar-refractivity contribution in [3.8, 4) is 11.5 Å². The highest BCUT2D eigenvalue weighted by atomic mass is 16.5. The summed E-state index contributed by atoms with van der Waals surface area (Å²) in [4.78, 5) is 0. The smallest absolute Gasteiger partial charge is 0.171 e. The first-order valence-electron chi connectivity index (χ1n) is 9.06. The maximum Gasteiger partial charge on any atom is 0.171 e. The molecule has 25 heavy (non-hydrogen) atoms. The molecule has 3 aliphatic rings. The molecule has 4 rings (SSSR count).